The van der Waals surface area contributed by atoms with Crippen molar-refractivity contribution >= 4 is 0 Å². The van der Waals surface area contributed by atoms with Crippen LogP contribution >= 0.6 is 0 Å². The van der Waals surface area contributed by atoms with Gasteiger partial charge in [-0.05, 0) is 25.2 Å². The van der Waals surface area contributed by atoms with Crippen LogP contribution in [-0.2, 0) is 12.1 Å². The van der Waals surface area contributed by atoms with E-state index < -0.39 is 0 Å². The summed E-state index contributed by atoms with van der Waals surface area (Å²) in [5, 5.41) is 4.40. The molecule has 2 N–H and O–H groups in total. The molecule has 1 heterocycles. The SMILES string of the molecule is CCCn1cc(C2(N)CCCCC2C)cn1. The average Bonchev–Trinajstić information content (AvgIpc) is 2.72. The molecule has 1 aliphatic carbocycles. The first kappa shape index (κ1) is 11.6. The van der Waals surface area contributed by atoms with Crippen molar-refractivity contribution in [3.8, 4) is 0 Å². The van der Waals surface area contributed by atoms with Crippen molar-refractivity contribution in [2.75, 3.05) is 0 Å². The lowest BCUT2D eigenvalue weighted by Crippen LogP contribution is -2.44. The molecule has 0 saturated heterocycles. The van der Waals surface area contributed by atoms with Gasteiger partial charge in [0, 0.05) is 23.8 Å². The second kappa shape index (κ2) is 4.58. The Morgan fingerprint density at radius 1 is 1.56 bits per heavy atom. The van der Waals surface area contributed by atoms with Crippen LogP contribution in [0.5, 0.6) is 0 Å². The molecule has 1 saturated carbocycles. The molecule has 1 fully saturated rings. The van der Waals surface area contributed by atoms with Gasteiger partial charge in [-0.2, -0.15) is 5.10 Å². The van der Waals surface area contributed by atoms with Gasteiger partial charge < -0.3 is 5.73 Å². The zero-order valence-corrected chi connectivity index (χ0v) is 10.4. The summed E-state index contributed by atoms with van der Waals surface area (Å²) < 4.78 is 2.02. The van der Waals surface area contributed by atoms with Gasteiger partial charge in [-0.25, -0.2) is 0 Å². The van der Waals surface area contributed by atoms with Gasteiger partial charge in [0.05, 0.1) is 6.20 Å². The van der Waals surface area contributed by atoms with E-state index in [2.05, 4.69) is 25.1 Å². The molecule has 0 bridgehead atoms. The molecule has 0 aliphatic heterocycles. The van der Waals surface area contributed by atoms with Gasteiger partial charge in [0.2, 0.25) is 0 Å². The lowest BCUT2D eigenvalue weighted by atomic mass is 9.71. The number of aromatic nitrogens is 2. The van der Waals surface area contributed by atoms with E-state index >= 15 is 0 Å². The van der Waals surface area contributed by atoms with Gasteiger partial charge in [0.15, 0.2) is 0 Å². The number of nitrogens with zero attached hydrogens (tertiary/aromatic N) is 2. The smallest absolute Gasteiger partial charge is 0.0540 e. The maximum atomic E-state index is 6.58. The minimum absolute atomic E-state index is 0.135. The van der Waals surface area contributed by atoms with E-state index in [-0.39, 0.29) is 5.54 Å². The Labute approximate surface area is 98.0 Å². The quantitative estimate of drug-likeness (QED) is 0.852. The first-order chi connectivity index (χ1) is 7.66. The third kappa shape index (κ3) is 2.01. The van der Waals surface area contributed by atoms with Crippen LogP contribution in [0, 0.1) is 5.92 Å². The molecule has 2 unspecified atom stereocenters. The molecule has 16 heavy (non-hydrogen) atoms. The molecular weight excluding hydrogens is 198 g/mol. The number of rotatable bonds is 3. The fourth-order valence-electron chi connectivity index (χ4n) is 2.76. The van der Waals surface area contributed by atoms with Crippen LogP contribution in [0.4, 0.5) is 0 Å². The normalized spacial score (nSPS) is 30.6. The van der Waals surface area contributed by atoms with Crippen molar-refractivity contribution in [3.63, 3.8) is 0 Å². The zero-order valence-electron chi connectivity index (χ0n) is 10.4. The second-order valence-electron chi connectivity index (χ2n) is 5.18. The Bertz CT molecular complexity index is 345. The highest BCUT2D eigenvalue weighted by Gasteiger charge is 2.36. The van der Waals surface area contributed by atoms with Crippen LogP contribution in [0.2, 0.25) is 0 Å². The van der Waals surface area contributed by atoms with Crippen molar-refractivity contribution < 1.29 is 0 Å². The Morgan fingerprint density at radius 3 is 3.06 bits per heavy atom. The highest BCUT2D eigenvalue weighted by Crippen LogP contribution is 2.39. The van der Waals surface area contributed by atoms with Crippen LogP contribution in [0.15, 0.2) is 12.4 Å². The Balaban J connectivity index is 2.20. The average molecular weight is 221 g/mol. The molecule has 1 aliphatic rings. The summed E-state index contributed by atoms with van der Waals surface area (Å²) in [5.41, 5.74) is 7.68. The van der Waals surface area contributed by atoms with Gasteiger partial charge >= 0.3 is 0 Å². The number of nitrogens with two attached hydrogens (primary N) is 1. The Kier molecular flexibility index (Phi) is 3.33. The molecule has 3 nitrogen and oxygen atoms in total. The summed E-state index contributed by atoms with van der Waals surface area (Å²) in [5.74, 6) is 0.570. The molecule has 2 rings (SSSR count). The number of aryl methyl sites for hydroxylation is 1. The lowest BCUT2D eigenvalue weighted by Gasteiger charge is -2.38. The molecule has 90 valence electrons. The first-order valence-electron chi connectivity index (χ1n) is 6.48. The van der Waals surface area contributed by atoms with E-state index in [1.54, 1.807) is 0 Å². The summed E-state index contributed by atoms with van der Waals surface area (Å²) in [6.07, 6.45) is 10.2. The van der Waals surface area contributed by atoms with E-state index in [0.29, 0.717) is 5.92 Å². The van der Waals surface area contributed by atoms with Crippen LogP contribution in [-0.4, -0.2) is 9.78 Å². The van der Waals surface area contributed by atoms with Crippen LogP contribution in [0.3, 0.4) is 0 Å². The molecular formula is C13H23N3. The van der Waals surface area contributed by atoms with Gasteiger partial charge in [-0.15, -0.1) is 0 Å². The van der Waals surface area contributed by atoms with Crippen molar-refractivity contribution in [1.82, 2.24) is 9.78 Å². The minimum Gasteiger partial charge on any atom is -0.321 e. The molecule has 0 aromatic carbocycles. The van der Waals surface area contributed by atoms with Crippen molar-refractivity contribution in [3.05, 3.63) is 18.0 Å². The van der Waals surface area contributed by atoms with Gasteiger partial charge in [0.25, 0.3) is 0 Å². The first-order valence-corrected chi connectivity index (χ1v) is 6.48. The third-order valence-electron chi connectivity index (χ3n) is 3.98. The van der Waals surface area contributed by atoms with Gasteiger partial charge in [-0.1, -0.05) is 26.7 Å². The third-order valence-corrected chi connectivity index (χ3v) is 3.98. The molecule has 1 aromatic rings. The standard InChI is InChI=1S/C13H23N3/c1-3-8-16-10-12(9-15-16)13(14)7-5-4-6-11(13)2/h9-11H,3-8,14H2,1-2H3. The van der Waals surface area contributed by atoms with Crippen LogP contribution in [0.1, 0.15) is 51.5 Å². The Morgan fingerprint density at radius 2 is 2.38 bits per heavy atom. The highest BCUT2D eigenvalue weighted by atomic mass is 15.3. The maximum Gasteiger partial charge on any atom is 0.0540 e. The van der Waals surface area contributed by atoms with E-state index in [9.17, 15) is 0 Å². The predicted molar refractivity (Wildman–Crippen MR) is 66.0 cm³/mol. The Hall–Kier alpha value is -0.830. The molecule has 2 atom stereocenters. The zero-order chi connectivity index (χ0) is 11.6. The monoisotopic (exact) mass is 221 g/mol. The second-order valence-corrected chi connectivity index (χ2v) is 5.18. The van der Waals surface area contributed by atoms with E-state index in [4.69, 9.17) is 5.73 Å². The summed E-state index contributed by atoms with van der Waals surface area (Å²) in [6, 6.07) is 0. The lowest BCUT2D eigenvalue weighted by molar-refractivity contribution is 0.206. The molecule has 0 radical (unpaired) electrons. The fraction of sp³-hybridized carbons (Fsp3) is 0.769. The largest absolute Gasteiger partial charge is 0.321 e. The fourth-order valence-corrected chi connectivity index (χ4v) is 2.76. The topological polar surface area (TPSA) is 43.8 Å². The van der Waals surface area contributed by atoms with E-state index in [1.165, 1.54) is 24.8 Å². The van der Waals surface area contributed by atoms with Crippen molar-refractivity contribution in [1.29, 1.82) is 0 Å². The summed E-state index contributed by atoms with van der Waals surface area (Å²) in [7, 11) is 0. The summed E-state index contributed by atoms with van der Waals surface area (Å²) in [6.45, 7) is 5.43. The molecule has 1 aromatic heterocycles. The summed E-state index contributed by atoms with van der Waals surface area (Å²) in [4.78, 5) is 0. The number of hydrogen-bond acceptors (Lipinski definition) is 2. The van der Waals surface area contributed by atoms with Crippen LogP contribution in [0.25, 0.3) is 0 Å². The van der Waals surface area contributed by atoms with E-state index in [0.717, 1.165) is 19.4 Å². The van der Waals surface area contributed by atoms with Crippen molar-refractivity contribution in [2.45, 2.75) is 58.0 Å². The minimum atomic E-state index is -0.135. The molecule has 3 heteroatoms. The highest BCUT2D eigenvalue weighted by molar-refractivity contribution is 5.19. The van der Waals surface area contributed by atoms with Crippen molar-refractivity contribution in [2.24, 2.45) is 11.7 Å². The molecule has 0 spiro atoms. The molecule has 0 amide bonds. The van der Waals surface area contributed by atoms with Crippen LogP contribution < -0.4 is 5.73 Å². The maximum absolute atomic E-state index is 6.58. The van der Waals surface area contributed by atoms with Gasteiger partial charge in [-0.3, -0.25) is 4.68 Å². The summed E-state index contributed by atoms with van der Waals surface area (Å²) >= 11 is 0. The number of hydrogen-bond donors (Lipinski definition) is 1. The van der Waals surface area contributed by atoms with E-state index in [1.807, 2.05) is 10.9 Å². The predicted octanol–water partition coefficient (Wildman–Crippen LogP) is 2.66. The van der Waals surface area contributed by atoms with Gasteiger partial charge in [0.1, 0.15) is 0 Å².